The van der Waals surface area contributed by atoms with Crippen LogP contribution in [-0.2, 0) is 0 Å². The summed E-state index contributed by atoms with van der Waals surface area (Å²) in [6.07, 6.45) is 0. The molecule has 1 unspecified atom stereocenters. The van der Waals surface area contributed by atoms with Gasteiger partial charge in [0.2, 0.25) is 0 Å². The number of anilines is 1. The second kappa shape index (κ2) is 6.12. The van der Waals surface area contributed by atoms with E-state index in [2.05, 4.69) is 21.2 Å². The molecule has 0 radical (unpaired) electrons. The number of rotatable bonds is 4. The number of nitrogens with one attached hydrogen (secondary N) is 1. The number of nitrogens with two attached hydrogens (primary N) is 1. The first-order valence-corrected chi connectivity index (χ1v) is 6.57. The van der Waals surface area contributed by atoms with Gasteiger partial charge < -0.3 is 11.1 Å². The lowest BCUT2D eigenvalue weighted by atomic mass is 10.1. The summed E-state index contributed by atoms with van der Waals surface area (Å²) in [5, 5.41) is 3.09. The number of hydrogen-bond acceptors (Lipinski definition) is 2. The van der Waals surface area contributed by atoms with E-state index in [1.54, 1.807) is 30.3 Å². The van der Waals surface area contributed by atoms with Gasteiger partial charge in [-0.1, -0.05) is 18.2 Å². The van der Waals surface area contributed by atoms with Gasteiger partial charge in [-0.05, 0) is 40.2 Å². The Morgan fingerprint density at radius 3 is 2.47 bits per heavy atom. The summed E-state index contributed by atoms with van der Waals surface area (Å²) < 4.78 is 27.2. The summed E-state index contributed by atoms with van der Waals surface area (Å²) in [4.78, 5) is 0. The van der Waals surface area contributed by atoms with E-state index in [1.165, 1.54) is 12.1 Å². The van der Waals surface area contributed by atoms with Crippen LogP contribution in [-0.4, -0.2) is 6.54 Å². The lowest BCUT2D eigenvalue weighted by Crippen LogP contribution is -2.21. The number of halogens is 3. The Balaban J connectivity index is 2.24. The molecule has 5 heteroatoms. The van der Waals surface area contributed by atoms with Gasteiger partial charge >= 0.3 is 0 Å². The van der Waals surface area contributed by atoms with Crippen molar-refractivity contribution in [2.24, 2.45) is 5.73 Å². The van der Waals surface area contributed by atoms with Crippen LogP contribution in [0.4, 0.5) is 14.5 Å². The molecule has 0 amide bonds. The van der Waals surface area contributed by atoms with Crippen molar-refractivity contribution in [2.75, 3.05) is 11.9 Å². The number of hydrogen-bond donors (Lipinski definition) is 2. The van der Waals surface area contributed by atoms with E-state index in [0.29, 0.717) is 15.7 Å². The van der Waals surface area contributed by atoms with Gasteiger partial charge in [0, 0.05) is 17.8 Å². The highest BCUT2D eigenvalue weighted by atomic mass is 79.9. The fraction of sp³-hybridized carbons (Fsp3) is 0.143. The Kier molecular flexibility index (Phi) is 4.50. The minimum absolute atomic E-state index is 0.232. The Bertz CT molecular complexity index is 575. The second-order valence-electron chi connectivity index (χ2n) is 4.08. The Morgan fingerprint density at radius 1 is 1.11 bits per heavy atom. The smallest absolute Gasteiger partial charge is 0.137 e. The van der Waals surface area contributed by atoms with Gasteiger partial charge in [-0.15, -0.1) is 0 Å². The standard InChI is InChI=1S/C14H13BrF2N2/c15-11-7-9(5-6-13(11)17)19-14(8-18)10-3-1-2-4-12(10)16/h1-7,14,19H,8,18H2. The summed E-state index contributed by atoms with van der Waals surface area (Å²) >= 11 is 3.11. The molecule has 1 atom stereocenters. The molecule has 2 nitrogen and oxygen atoms in total. The van der Waals surface area contributed by atoms with Crippen LogP contribution in [0.15, 0.2) is 46.9 Å². The van der Waals surface area contributed by atoms with Gasteiger partial charge in [0.15, 0.2) is 0 Å². The molecule has 0 aliphatic heterocycles. The van der Waals surface area contributed by atoms with Crippen molar-refractivity contribution in [3.8, 4) is 0 Å². The molecule has 2 rings (SSSR count). The van der Waals surface area contributed by atoms with Crippen molar-refractivity contribution in [1.82, 2.24) is 0 Å². The Morgan fingerprint density at radius 2 is 1.84 bits per heavy atom. The van der Waals surface area contributed by atoms with Gasteiger partial charge in [0.25, 0.3) is 0 Å². The molecule has 3 N–H and O–H groups in total. The average Bonchev–Trinajstić information content (AvgIpc) is 2.41. The van der Waals surface area contributed by atoms with Crippen LogP contribution in [0.1, 0.15) is 11.6 Å². The van der Waals surface area contributed by atoms with E-state index in [4.69, 9.17) is 5.73 Å². The quantitative estimate of drug-likeness (QED) is 0.895. The van der Waals surface area contributed by atoms with Gasteiger partial charge in [0.05, 0.1) is 10.5 Å². The third kappa shape index (κ3) is 3.30. The molecular formula is C14H13BrF2N2. The summed E-state index contributed by atoms with van der Waals surface area (Å²) in [5.41, 5.74) is 6.84. The highest BCUT2D eigenvalue weighted by molar-refractivity contribution is 9.10. The highest BCUT2D eigenvalue weighted by Gasteiger charge is 2.14. The van der Waals surface area contributed by atoms with Crippen LogP contribution in [0.2, 0.25) is 0 Å². The molecule has 100 valence electrons. The zero-order chi connectivity index (χ0) is 13.8. The zero-order valence-electron chi connectivity index (χ0n) is 10.0. The lowest BCUT2D eigenvalue weighted by molar-refractivity contribution is 0.593. The molecule has 0 fully saturated rings. The van der Waals surface area contributed by atoms with Crippen LogP contribution in [0, 0.1) is 11.6 Å². The summed E-state index contributed by atoms with van der Waals surface area (Å²) in [7, 11) is 0. The van der Waals surface area contributed by atoms with Crippen LogP contribution in [0.5, 0.6) is 0 Å². The van der Waals surface area contributed by atoms with Gasteiger partial charge in [-0.25, -0.2) is 8.78 Å². The number of benzene rings is 2. The largest absolute Gasteiger partial charge is 0.377 e. The van der Waals surface area contributed by atoms with Gasteiger partial charge in [-0.2, -0.15) is 0 Å². The molecule has 2 aromatic carbocycles. The molecular weight excluding hydrogens is 314 g/mol. The van der Waals surface area contributed by atoms with Crippen molar-refractivity contribution in [3.63, 3.8) is 0 Å². The van der Waals surface area contributed by atoms with Crippen molar-refractivity contribution in [2.45, 2.75) is 6.04 Å². The van der Waals surface area contributed by atoms with E-state index in [9.17, 15) is 8.78 Å². The van der Waals surface area contributed by atoms with Crippen LogP contribution < -0.4 is 11.1 Å². The Labute approximate surface area is 118 Å². The minimum Gasteiger partial charge on any atom is -0.377 e. The highest BCUT2D eigenvalue weighted by Crippen LogP contribution is 2.25. The van der Waals surface area contributed by atoms with E-state index in [1.807, 2.05) is 0 Å². The zero-order valence-corrected chi connectivity index (χ0v) is 11.6. The third-order valence-electron chi connectivity index (χ3n) is 2.78. The van der Waals surface area contributed by atoms with Gasteiger partial charge in [-0.3, -0.25) is 0 Å². The van der Waals surface area contributed by atoms with Crippen LogP contribution >= 0.6 is 15.9 Å². The SMILES string of the molecule is NCC(Nc1ccc(F)c(Br)c1)c1ccccc1F. The lowest BCUT2D eigenvalue weighted by Gasteiger charge is -2.19. The van der Waals surface area contributed by atoms with E-state index < -0.39 is 0 Å². The molecule has 2 aromatic rings. The van der Waals surface area contributed by atoms with E-state index in [0.717, 1.165) is 0 Å². The molecule has 0 aromatic heterocycles. The van der Waals surface area contributed by atoms with Crippen molar-refractivity contribution in [3.05, 3.63) is 64.1 Å². The van der Waals surface area contributed by atoms with E-state index >= 15 is 0 Å². The average molecular weight is 327 g/mol. The second-order valence-corrected chi connectivity index (χ2v) is 4.94. The third-order valence-corrected chi connectivity index (χ3v) is 3.38. The minimum atomic E-state index is -0.362. The normalized spacial score (nSPS) is 12.2. The maximum absolute atomic E-state index is 13.7. The fourth-order valence-electron chi connectivity index (χ4n) is 1.81. The summed E-state index contributed by atoms with van der Waals surface area (Å²) in [6.45, 7) is 0.232. The van der Waals surface area contributed by atoms with E-state index in [-0.39, 0.29) is 24.2 Å². The first-order chi connectivity index (χ1) is 9.11. The molecule has 0 heterocycles. The fourth-order valence-corrected chi connectivity index (χ4v) is 2.19. The summed E-state index contributed by atoms with van der Waals surface area (Å²) in [5.74, 6) is -0.660. The molecule has 0 spiro atoms. The topological polar surface area (TPSA) is 38.0 Å². The maximum atomic E-state index is 13.7. The van der Waals surface area contributed by atoms with Crippen LogP contribution in [0.3, 0.4) is 0 Å². The summed E-state index contributed by atoms with van der Waals surface area (Å²) in [6, 6.07) is 10.6. The first-order valence-electron chi connectivity index (χ1n) is 5.78. The van der Waals surface area contributed by atoms with Crippen molar-refractivity contribution >= 4 is 21.6 Å². The molecule has 0 saturated heterocycles. The molecule has 19 heavy (non-hydrogen) atoms. The predicted octanol–water partition coefficient (Wildman–Crippen LogP) is 3.84. The van der Waals surface area contributed by atoms with Crippen LogP contribution in [0.25, 0.3) is 0 Å². The first kappa shape index (κ1) is 14.0. The maximum Gasteiger partial charge on any atom is 0.137 e. The molecule has 0 aliphatic carbocycles. The molecule has 0 aliphatic rings. The molecule has 0 saturated carbocycles. The van der Waals surface area contributed by atoms with Crippen molar-refractivity contribution in [1.29, 1.82) is 0 Å². The van der Waals surface area contributed by atoms with Gasteiger partial charge in [0.1, 0.15) is 11.6 Å². The Hall–Kier alpha value is -1.46. The monoisotopic (exact) mass is 326 g/mol. The van der Waals surface area contributed by atoms with Crippen molar-refractivity contribution < 1.29 is 8.78 Å². The predicted molar refractivity (Wildman–Crippen MR) is 75.9 cm³/mol. The molecule has 0 bridgehead atoms.